The Balaban J connectivity index is 2.14. The molecule has 0 amide bonds. The molecule has 1 aliphatic rings. The Morgan fingerprint density at radius 3 is 2.65 bits per heavy atom. The number of thiophene rings is 1. The van der Waals surface area contributed by atoms with Gasteiger partial charge in [-0.05, 0) is 19.3 Å². The third-order valence-corrected chi connectivity index (χ3v) is 6.60. The molecule has 0 unspecified atom stereocenters. The standard InChI is InChI=1S/C10H13ClN2O5S2/c1-18-10(3-2-4-10)6-12-20(16,17)8-5-7(13(14)15)9(11)19-8/h5,12H,2-4,6H2,1H3. The number of sulfonamides is 1. The first-order valence-electron chi connectivity index (χ1n) is 5.78. The number of hydrogen-bond acceptors (Lipinski definition) is 6. The number of nitrogens with one attached hydrogen (secondary N) is 1. The lowest BCUT2D eigenvalue weighted by Gasteiger charge is -2.40. The maximum Gasteiger partial charge on any atom is 0.300 e. The minimum atomic E-state index is -3.82. The maximum absolute atomic E-state index is 12.1. The van der Waals surface area contributed by atoms with Crippen LogP contribution in [0.5, 0.6) is 0 Å². The van der Waals surface area contributed by atoms with Crippen LogP contribution in [0, 0.1) is 10.1 Å². The molecule has 7 nitrogen and oxygen atoms in total. The molecule has 1 aromatic rings. The minimum absolute atomic E-state index is 0.148. The average molecular weight is 341 g/mol. The molecule has 1 heterocycles. The van der Waals surface area contributed by atoms with E-state index in [4.69, 9.17) is 16.3 Å². The molecule has 112 valence electrons. The second-order valence-corrected chi connectivity index (χ2v) is 8.19. The molecule has 1 N–H and O–H groups in total. The first-order valence-corrected chi connectivity index (χ1v) is 8.46. The van der Waals surface area contributed by atoms with Gasteiger partial charge in [0.05, 0.1) is 10.5 Å². The van der Waals surface area contributed by atoms with E-state index < -0.39 is 26.2 Å². The van der Waals surface area contributed by atoms with Crippen LogP contribution in [-0.2, 0) is 14.8 Å². The SMILES string of the molecule is COC1(CNS(=O)(=O)c2cc([N+](=O)[O-])c(Cl)s2)CCC1. The molecule has 1 aliphatic carbocycles. The van der Waals surface area contributed by atoms with Crippen LogP contribution in [0.25, 0.3) is 0 Å². The van der Waals surface area contributed by atoms with Gasteiger partial charge in [-0.3, -0.25) is 10.1 Å². The van der Waals surface area contributed by atoms with Crippen molar-refractivity contribution in [2.24, 2.45) is 0 Å². The van der Waals surface area contributed by atoms with Crippen molar-refractivity contribution in [3.05, 3.63) is 20.5 Å². The summed E-state index contributed by atoms with van der Waals surface area (Å²) in [6.07, 6.45) is 2.57. The van der Waals surface area contributed by atoms with Gasteiger partial charge < -0.3 is 4.74 Å². The Labute approximate surface area is 125 Å². The summed E-state index contributed by atoms with van der Waals surface area (Å²) in [5.74, 6) is 0. The van der Waals surface area contributed by atoms with Gasteiger partial charge in [-0.2, -0.15) is 0 Å². The van der Waals surface area contributed by atoms with Gasteiger partial charge in [0.15, 0.2) is 4.34 Å². The molecule has 0 aromatic carbocycles. The van der Waals surface area contributed by atoms with Gasteiger partial charge in [-0.25, -0.2) is 13.1 Å². The molecule has 10 heteroatoms. The topological polar surface area (TPSA) is 98.5 Å². The Hall–Kier alpha value is -0.740. The van der Waals surface area contributed by atoms with Gasteiger partial charge in [0, 0.05) is 19.7 Å². The average Bonchev–Trinajstić information content (AvgIpc) is 2.71. The highest BCUT2D eigenvalue weighted by molar-refractivity contribution is 7.91. The minimum Gasteiger partial charge on any atom is -0.377 e. The lowest BCUT2D eigenvalue weighted by molar-refractivity contribution is -0.384. The van der Waals surface area contributed by atoms with Crippen LogP contribution in [0.2, 0.25) is 4.34 Å². The van der Waals surface area contributed by atoms with E-state index in [0.29, 0.717) is 11.3 Å². The van der Waals surface area contributed by atoms with Gasteiger partial charge in [0.2, 0.25) is 10.0 Å². The third kappa shape index (κ3) is 2.96. The molecular weight excluding hydrogens is 328 g/mol. The van der Waals surface area contributed by atoms with Gasteiger partial charge in [0.25, 0.3) is 5.69 Å². The van der Waals surface area contributed by atoms with Crippen molar-refractivity contribution in [2.45, 2.75) is 29.1 Å². The number of nitrogens with zero attached hydrogens (tertiary/aromatic N) is 1. The fraction of sp³-hybridized carbons (Fsp3) is 0.600. The number of methoxy groups -OCH3 is 1. The van der Waals surface area contributed by atoms with Gasteiger partial charge >= 0.3 is 0 Å². The van der Waals surface area contributed by atoms with E-state index in [2.05, 4.69) is 4.72 Å². The highest BCUT2D eigenvalue weighted by atomic mass is 35.5. The van der Waals surface area contributed by atoms with Crippen molar-refractivity contribution < 1.29 is 18.1 Å². The van der Waals surface area contributed by atoms with E-state index >= 15 is 0 Å². The normalized spacial score (nSPS) is 17.7. The van der Waals surface area contributed by atoms with E-state index in [1.165, 1.54) is 0 Å². The maximum atomic E-state index is 12.1. The van der Waals surface area contributed by atoms with Crippen LogP contribution in [0.3, 0.4) is 0 Å². The van der Waals surface area contributed by atoms with Crippen molar-refractivity contribution in [1.29, 1.82) is 0 Å². The van der Waals surface area contributed by atoms with Crippen molar-refractivity contribution in [3.63, 3.8) is 0 Å². The summed E-state index contributed by atoms with van der Waals surface area (Å²) in [4.78, 5) is 9.97. The number of ether oxygens (including phenoxy) is 1. The summed E-state index contributed by atoms with van der Waals surface area (Å²) in [6, 6.07) is 0.968. The smallest absolute Gasteiger partial charge is 0.300 e. The van der Waals surface area contributed by atoms with E-state index in [1.54, 1.807) is 7.11 Å². The number of hydrogen-bond donors (Lipinski definition) is 1. The van der Waals surface area contributed by atoms with E-state index in [9.17, 15) is 18.5 Å². The van der Waals surface area contributed by atoms with E-state index in [0.717, 1.165) is 25.3 Å². The zero-order valence-corrected chi connectivity index (χ0v) is 13.0. The highest BCUT2D eigenvalue weighted by Crippen LogP contribution is 2.37. The first kappa shape index (κ1) is 15.6. The molecule has 0 spiro atoms. The zero-order chi connectivity index (χ0) is 15.0. The molecule has 2 rings (SSSR count). The summed E-state index contributed by atoms with van der Waals surface area (Å²) in [6.45, 7) is 0.148. The molecule has 0 atom stereocenters. The summed E-state index contributed by atoms with van der Waals surface area (Å²) in [5, 5.41) is 10.7. The van der Waals surface area contributed by atoms with Crippen LogP contribution in [0.15, 0.2) is 10.3 Å². The van der Waals surface area contributed by atoms with E-state index in [-0.39, 0.29) is 15.1 Å². The Morgan fingerprint density at radius 1 is 1.60 bits per heavy atom. The Kier molecular flexibility index (Phi) is 4.35. The van der Waals surface area contributed by atoms with Crippen molar-refractivity contribution in [3.8, 4) is 0 Å². The monoisotopic (exact) mass is 340 g/mol. The first-order chi connectivity index (χ1) is 9.30. The summed E-state index contributed by atoms with van der Waals surface area (Å²) in [5.41, 5.74) is -0.859. The molecule has 0 saturated heterocycles. The zero-order valence-electron chi connectivity index (χ0n) is 10.6. The largest absolute Gasteiger partial charge is 0.377 e. The van der Waals surface area contributed by atoms with Crippen LogP contribution < -0.4 is 4.72 Å². The molecule has 20 heavy (non-hydrogen) atoms. The summed E-state index contributed by atoms with van der Waals surface area (Å²) in [7, 11) is -2.27. The number of rotatable bonds is 6. The van der Waals surface area contributed by atoms with Gasteiger partial charge in [-0.1, -0.05) is 11.6 Å². The fourth-order valence-corrected chi connectivity index (χ4v) is 4.74. The predicted molar refractivity (Wildman–Crippen MR) is 74.8 cm³/mol. The Bertz CT molecular complexity index is 618. The second-order valence-electron chi connectivity index (χ2n) is 4.55. The molecule has 0 bridgehead atoms. The van der Waals surface area contributed by atoms with Crippen LogP contribution in [-0.4, -0.2) is 32.6 Å². The van der Waals surface area contributed by atoms with Crippen LogP contribution in [0.4, 0.5) is 5.69 Å². The lowest BCUT2D eigenvalue weighted by atomic mass is 9.80. The summed E-state index contributed by atoms with van der Waals surface area (Å²) < 4.78 is 31.6. The second kappa shape index (κ2) is 5.57. The predicted octanol–water partition coefficient (Wildman–Crippen LogP) is 2.16. The van der Waals surface area contributed by atoms with Crippen molar-refractivity contribution in [1.82, 2.24) is 4.72 Å². The molecule has 0 radical (unpaired) electrons. The number of nitro groups is 1. The highest BCUT2D eigenvalue weighted by Gasteiger charge is 2.38. The Morgan fingerprint density at radius 2 is 2.25 bits per heavy atom. The van der Waals surface area contributed by atoms with Crippen molar-refractivity contribution >= 4 is 38.6 Å². The van der Waals surface area contributed by atoms with Gasteiger partial charge in [0.1, 0.15) is 4.21 Å². The van der Waals surface area contributed by atoms with Gasteiger partial charge in [-0.15, -0.1) is 11.3 Å². The molecule has 1 saturated carbocycles. The molecule has 1 fully saturated rings. The third-order valence-electron chi connectivity index (χ3n) is 3.39. The van der Waals surface area contributed by atoms with Crippen LogP contribution >= 0.6 is 22.9 Å². The van der Waals surface area contributed by atoms with Crippen molar-refractivity contribution in [2.75, 3.05) is 13.7 Å². The molecule has 0 aliphatic heterocycles. The van der Waals surface area contributed by atoms with E-state index in [1.807, 2.05) is 0 Å². The van der Waals surface area contributed by atoms with Crippen LogP contribution in [0.1, 0.15) is 19.3 Å². The molecular formula is C10H13ClN2O5S2. The summed E-state index contributed by atoms with van der Waals surface area (Å²) >= 11 is 6.33. The number of halogens is 1. The quantitative estimate of drug-likeness (QED) is 0.632. The lowest BCUT2D eigenvalue weighted by Crippen LogP contribution is -2.49. The fourth-order valence-electron chi connectivity index (χ4n) is 1.92. The molecule has 1 aromatic heterocycles.